The Hall–Kier alpha value is -0.870. The molecule has 102 valence electrons. The lowest BCUT2D eigenvalue weighted by Crippen LogP contribution is -2.43. The number of aryl methyl sites for hydroxylation is 1. The van der Waals surface area contributed by atoms with Crippen LogP contribution < -0.4 is 5.32 Å². The maximum absolute atomic E-state index is 11.7. The monoisotopic (exact) mass is 269 g/mol. The predicted octanol–water partition coefficient (Wildman–Crippen LogP) is 1.95. The van der Waals surface area contributed by atoms with E-state index in [2.05, 4.69) is 11.4 Å². The van der Waals surface area contributed by atoms with Crippen molar-refractivity contribution in [3.63, 3.8) is 0 Å². The molecule has 0 spiro atoms. The normalized spacial score (nSPS) is 15.3. The molecule has 1 rings (SSSR count). The molecule has 1 aromatic rings. The average molecular weight is 269 g/mol. The Morgan fingerprint density at radius 2 is 2.00 bits per heavy atom. The molecule has 4 heteroatoms. The van der Waals surface area contributed by atoms with Gasteiger partial charge in [0.25, 0.3) is 0 Å². The van der Waals surface area contributed by atoms with Crippen LogP contribution in [-0.4, -0.2) is 32.5 Å². The first kappa shape index (κ1) is 15.2. The molecule has 2 unspecified atom stereocenters. The highest BCUT2D eigenvalue weighted by Gasteiger charge is 2.25. The Morgan fingerprint density at radius 3 is 2.50 bits per heavy atom. The summed E-state index contributed by atoms with van der Waals surface area (Å²) in [6, 6.07) is 8.18. The van der Waals surface area contributed by atoms with Crippen LogP contribution in [0.2, 0.25) is 0 Å². The maximum Gasteiger partial charge on any atom is 0.151 e. The molecule has 0 fully saturated rings. The van der Waals surface area contributed by atoms with Crippen molar-refractivity contribution in [3.05, 3.63) is 35.4 Å². The average Bonchev–Trinajstić information content (AvgIpc) is 2.26. The highest BCUT2D eigenvalue weighted by atomic mass is 32.2. The van der Waals surface area contributed by atoms with Gasteiger partial charge in [-0.1, -0.05) is 36.8 Å². The van der Waals surface area contributed by atoms with Crippen molar-refractivity contribution in [1.29, 1.82) is 0 Å². The van der Waals surface area contributed by atoms with E-state index in [1.165, 1.54) is 17.4 Å². The van der Waals surface area contributed by atoms with E-state index in [1.54, 1.807) is 6.92 Å². The lowest BCUT2D eigenvalue weighted by molar-refractivity contribution is 0.494. The van der Waals surface area contributed by atoms with Gasteiger partial charge in [0.2, 0.25) is 0 Å². The molecule has 0 saturated heterocycles. The van der Waals surface area contributed by atoms with Crippen molar-refractivity contribution in [2.45, 2.75) is 38.5 Å². The molecule has 18 heavy (non-hydrogen) atoms. The molecule has 1 aromatic carbocycles. The van der Waals surface area contributed by atoms with E-state index in [-0.39, 0.29) is 11.3 Å². The minimum Gasteiger partial charge on any atom is -0.313 e. The second kappa shape index (κ2) is 6.34. The third kappa shape index (κ3) is 4.42. The smallest absolute Gasteiger partial charge is 0.151 e. The van der Waals surface area contributed by atoms with Crippen LogP contribution in [0.3, 0.4) is 0 Å². The van der Waals surface area contributed by atoms with E-state index < -0.39 is 9.84 Å². The van der Waals surface area contributed by atoms with Gasteiger partial charge >= 0.3 is 0 Å². The van der Waals surface area contributed by atoms with Gasteiger partial charge in [0.1, 0.15) is 0 Å². The number of rotatable bonds is 6. The van der Waals surface area contributed by atoms with Crippen molar-refractivity contribution in [3.8, 4) is 0 Å². The number of likely N-dealkylation sites (N-methyl/N-ethyl adjacent to an activating group) is 1. The number of benzene rings is 1. The Labute approximate surface area is 111 Å². The number of hydrogen-bond acceptors (Lipinski definition) is 3. The van der Waals surface area contributed by atoms with E-state index in [0.29, 0.717) is 0 Å². The van der Waals surface area contributed by atoms with Crippen LogP contribution in [0.1, 0.15) is 25.0 Å². The molecule has 3 nitrogen and oxygen atoms in total. The van der Waals surface area contributed by atoms with Gasteiger partial charge in [-0.25, -0.2) is 8.42 Å². The molecule has 2 atom stereocenters. The molecular formula is C14H23NO2S. The zero-order chi connectivity index (χ0) is 13.8. The minimum absolute atomic E-state index is 0.0354. The Balaban J connectivity index is 2.87. The van der Waals surface area contributed by atoms with Crippen molar-refractivity contribution in [1.82, 2.24) is 5.32 Å². The molecule has 0 aromatic heterocycles. The van der Waals surface area contributed by atoms with Crippen molar-refractivity contribution in [2.75, 3.05) is 12.8 Å². The van der Waals surface area contributed by atoms with Crippen LogP contribution in [0, 0.1) is 6.92 Å². The zero-order valence-corrected chi connectivity index (χ0v) is 12.4. The molecule has 0 aliphatic carbocycles. The minimum atomic E-state index is -3.02. The maximum atomic E-state index is 11.7. The summed E-state index contributed by atoms with van der Waals surface area (Å²) in [4.78, 5) is 0. The first-order chi connectivity index (χ1) is 8.34. The highest BCUT2D eigenvalue weighted by Crippen LogP contribution is 2.12. The molecule has 0 heterocycles. The van der Waals surface area contributed by atoms with Gasteiger partial charge < -0.3 is 5.32 Å². The summed E-state index contributed by atoms with van der Waals surface area (Å²) in [5, 5.41) is 2.90. The van der Waals surface area contributed by atoms with Gasteiger partial charge in [0, 0.05) is 12.3 Å². The molecular weight excluding hydrogens is 246 g/mol. The molecule has 0 aliphatic heterocycles. The SMILES string of the molecule is CCNC(Cc1cccc(C)c1)C(C)S(C)(=O)=O. The van der Waals surface area contributed by atoms with E-state index >= 15 is 0 Å². The van der Waals surface area contributed by atoms with Crippen molar-refractivity contribution >= 4 is 9.84 Å². The summed E-state index contributed by atoms with van der Waals surface area (Å²) in [5.74, 6) is 0. The fourth-order valence-corrected chi connectivity index (χ4v) is 2.85. The quantitative estimate of drug-likeness (QED) is 0.858. The van der Waals surface area contributed by atoms with Gasteiger partial charge in [0.05, 0.1) is 5.25 Å². The van der Waals surface area contributed by atoms with Gasteiger partial charge in [-0.2, -0.15) is 0 Å². The molecule has 0 amide bonds. The van der Waals surface area contributed by atoms with Crippen LogP contribution >= 0.6 is 0 Å². The summed E-state index contributed by atoms with van der Waals surface area (Å²) in [6.07, 6.45) is 2.04. The number of sulfone groups is 1. The van der Waals surface area contributed by atoms with E-state index in [0.717, 1.165) is 13.0 Å². The fourth-order valence-electron chi connectivity index (χ4n) is 2.06. The van der Waals surface area contributed by atoms with Gasteiger partial charge in [-0.3, -0.25) is 0 Å². The molecule has 0 saturated carbocycles. The summed E-state index contributed by atoms with van der Waals surface area (Å²) in [5.41, 5.74) is 2.38. The van der Waals surface area contributed by atoms with Gasteiger partial charge in [0.15, 0.2) is 9.84 Å². The van der Waals surface area contributed by atoms with E-state index in [1.807, 2.05) is 32.0 Å². The van der Waals surface area contributed by atoms with Crippen LogP contribution in [0.15, 0.2) is 24.3 Å². The van der Waals surface area contributed by atoms with Crippen LogP contribution in [0.25, 0.3) is 0 Å². The van der Waals surface area contributed by atoms with Gasteiger partial charge in [-0.15, -0.1) is 0 Å². The molecule has 0 radical (unpaired) electrons. The van der Waals surface area contributed by atoms with Crippen molar-refractivity contribution < 1.29 is 8.42 Å². The zero-order valence-electron chi connectivity index (χ0n) is 11.6. The summed E-state index contributed by atoms with van der Waals surface area (Å²) in [6.45, 7) is 6.60. The van der Waals surface area contributed by atoms with E-state index in [4.69, 9.17) is 0 Å². The Bertz CT molecular complexity index is 482. The molecule has 0 aliphatic rings. The summed E-state index contributed by atoms with van der Waals surface area (Å²) < 4.78 is 23.3. The fraction of sp³-hybridized carbons (Fsp3) is 0.571. The van der Waals surface area contributed by atoms with Crippen LogP contribution in [0.4, 0.5) is 0 Å². The summed E-state index contributed by atoms with van der Waals surface area (Å²) >= 11 is 0. The first-order valence-electron chi connectivity index (χ1n) is 6.32. The van der Waals surface area contributed by atoms with Crippen LogP contribution in [0.5, 0.6) is 0 Å². The highest BCUT2D eigenvalue weighted by molar-refractivity contribution is 7.91. The number of nitrogens with one attached hydrogen (secondary N) is 1. The second-order valence-electron chi connectivity index (χ2n) is 4.89. The summed E-state index contributed by atoms with van der Waals surface area (Å²) in [7, 11) is -3.02. The van der Waals surface area contributed by atoms with Crippen LogP contribution in [-0.2, 0) is 16.3 Å². The predicted molar refractivity (Wildman–Crippen MR) is 76.7 cm³/mol. The van der Waals surface area contributed by atoms with Crippen molar-refractivity contribution in [2.24, 2.45) is 0 Å². The lowest BCUT2D eigenvalue weighted by atomic mass is 10.0. The largest absolute Gasteiger partial charge is 0.313 e. The topological polar surface area (TPSA) is 46.2 Å². The first-order valence-corrected chi connectivity index (χ1v) is 8.28. The Kier molecular flexibility index (Phi) is 5.35. The van der Waals surface area contributed by atoms with E-state index in [9.17, 15) is 8.42 Å². The molecule has 1 N–H and O–H groups in total. The number of hydrogen-bond donors (Lipinski definition) is 1. The third-order valence-electron chi connectivity index (χ3n) is 3.25. The van der Waals surface area contributed by atoms with Gasteiger partial charge in [-0.05, 0) is 32.4 Å². The second-order valence-corrected chi connectivity index (χ2v) is 7.29. The molecule has 0 bridgehead atoms. The Morgan fingerprint density at radius 1 is 1.33 bits per heavy atom. The lowest BCUT2D eigenvalue weighted by Gasteiger charge is -2.23. The third-order valence-corrected chi connectivity index (χ3v) is 4.93. The standard InChI is InChI=1S/C14H23NO2S/c1-5-15-14(12(3)18(4,16)17)10-13-8-6-7-11(2)9-13/h6-9,12,14-15H,5,10H2,1-4H3.